The molecule has 0 atom stereocenters. The number of urea groups is 1. The molecule has 0 heterocycles. The van der Waals surface area contributed by atoms with Gasteiger partial charge in [0.2, 0.25) is 0 Å². The number of rotatable bonds is 9. The van der Waals surface area contributed by atoms with Gasteiger partial charge in [0.05, 0.1) is 17.1 Å². The van der Waals surface area contributed by atoms with Crippen LogP contribution in [0.15, 0.2) is 102 Å². The van der Waals surface area contributed by atoms with E-state index in [1.54, 1.807) is 0 Å². The molecule has 0 unspecified atom stereocenters. The van der Waals surface area contributed by atoms with E-state index in [1.165, 1.54) is 0 Å². The average Bonchev–Trinajstić information content (AvgIpc) is 2.84. The van der Waals surface area contributed by atoms with Crippen LogP contribution in [0.4, 0.5) is 10.5 Å². The maximum absolute atomic E-state index is 13.1. The first kappa shape index (κ1) is 23.0. The highest BCUT2D eigenvalue weighted by atomic mass is 16.2. The van der Waals surface area contributed by atoms with Gasteiger partial charge in [0.15, 0.2) is 0 Å². The second-order valence-electron chi connectivity index (χ2n) is 7.54. The van der Waals surface area contributed by atoms with E-state index in [0.717, 1.165) is 54.2 Å². The van der Waals surface area contributed by atoms with Crippen LogP contribution in [-0.4, -0.2) is 29.7 Å². The van der Waals surface area contributed by atoms with Crippen molar-refractivity contribution in [3.63, 3.8) is 0 Å². The molecule has 0 spiro atoms. The monoisotopic (exact) mass is 425 g/mol. The van der Waals surface area contributed by atoms with E-state index >= 15 is 0 Å². The molecule has 0 fully saturated rings. The molecule has 4 nitrogen and oxygen atoms in total. The molecule has 0 saturated heterocycles. The van der Waals surface area contributed by atoms with Gasteiger partial charge in [-0.2, -0.15) is 0 Å². The number of aliphatic imine (C=N–C) groups is 1. The second-order valence-corrected chi connectivity index (χ2v) is 7.54. The molecule has 3 rings (SSSR count). The van der Waals surface area contributed by atoms with E-state index in [0.29, 0.717) is 0 Å². The van der Waals surface area contributed by atoms with Gasteiger partial charge in [-0.1, -0.05) is 92.7 Å². The Balaban J connectivity index is 2.05. The third-order valence-electron chi connectivity index (χ3n) is 4.96. The Morgan fingerprint density at radius 2 is 1.28 bits per heavy atom. The van der Waals surface area contributed by atoms with E-state index in [-0.39, 0.29) is 6.03 Å². The van der Waals surface area contributed by atoms with Gasteiger partial charge in [0, 0.05) is 18.7 Å². The van der Waals surface area contributed by atoms with E-state index in [4.69, 9.17) is 4.99 Å². The lowest BCUT2D eigenvalue weighted by molar-refractivity contribution is 0.202. The zero-order valence-electron chi connectivity index (χ0n) is 18.9. The van der Waals surface area contributed by atoms with E-state index in [1.807, 2.05) is 102 Å². The fourth-order valence-electron chi connectivity index (χ4n) is 3.43. The number of carbonyl (C=O) groups excluding carboxylic acids is 1. The van der Waals surface area contributed by atoms with Crippen LogP contribution in [0.1, 0.15) is 37.8 Å². The minimum atomic E-state index is -0.0871. The predicted molar refractivity (Wildman–Crippen MR) is 134 cm³/mol. The highest BCUT2D eigenvalue weighted by Crippen LogP contribution is 2.18. The highest BCUT2D eigenvalue weighted by molar-refractivity contribution is 6.13. The molecule has 0 aromatic heterocycles. The number of nitrogens with zero attached hydrogens (tertiary/aromatic N) is 2. The molecule has 0 aliphatic rings. The molecule has 1 N–H and O–H groups in total. The number of carbonyl (C=O) groups is 1. The summed E-state index contributed by atoms with van der Waals surface area (Å²) >= 11 is 0. The van der Waals surface area contributed by atoms with E-state index < -0.39 is 0 Å². The lowest BCUT2D eigenvalue weighted by Gasteiger charge is -2.23. The molecular formula is C28H31N3O. The molecule has 3 aromatic rings. The SMILES string of the molecule is CCCN(CCC)C(=O)NC(=CC(=Nc1ccccc1)c1ccccc1)c1ccccc1. The first-order valence-electron chi connectivity index (χ1n) is 11.2. The summed E-state index contributed by atoms with van der Waals surface area (Å²) in [4.78, 5) is 19.9. The maximum atomic E-state index is 13.1. The van der Waals surface area contributed by atoms with E-state index in [9.17, 15) is 4.79 Å². The van der Waals surface area contributed by atoms with Crippen molar-refractivity contribution in [3.8, 4) is 0 Å². The largest absolute Gasteiger partial charge is 0.325 e. The molecule has 0 radical (unpaired) electrons. The third-order valence-corrected chi connectivity index (χ3v) is 4.96. The van der Waals surface area contributed by atoms with Crippen LogP contribution in [0.3, 0.4) is 0 Å². The fourth-order valence-corrected chi connectivity index (χ4v) is 3.43. The molecule has 4 heteroatoms. The summed E-state index contributed by atoms with van der Waals surface area (Å²) in [5.74, 6) is 0. The van der Waals surface area contributed by atoms with Crippen LogP contribution in [-0.2, 0) is 0 Å². The van der Waals surface area contributed by atoms with Crippen molar-refractivity contribution in [2.24, 2.45) is 4.99 Å². The zero-order chi connectivity index (χ0) is 22.6. The lowest BCUT2D eigenvalue weighted by atomic mass is 10.1. The van der Waals surface area contributed by atoms with Crippen LogP contribution in [0.25, 0.3) is 5.70 Å². The number of hydrogen-bond acceptors (Lipinski definition) is 2. The van der Waals surface area contributed by atoms with Crippen molar-refractivity contribution in [2.45, 2.75) is 26.7 Å². The topological polar surface area (TPSA) is 44.7 Å². The summed E-state index contributed by atoms with van der Waals surface area (Å²) < 4.78 is 0. The molecule has 0 bridgehead atoms. The Hall–Kier alpha value is -3.66. The summed E-state index contributed by atoms with van der Waals surface area (Å²) in [6.45, 7) is 5.63. The summed E-state index contributed by atoms with van der Waals surface area (Å²) in [5.41, 5.74) is 4.29. The number of amides is 2. The van der Waals surface area contributed by atoms with Crippen LogP contribution >= 0.6 is 0 Å². The number of hydrogen-bond donors (Lipinski definition) is 1. The summed E-state index contributed by atoms with van der Waals surface area (Å²) in [7, 11) is 0. The molecule has 0 aliphatic carbocycles. The Labute approximate surface area is 191 Å². The molecule has 2 amide bonds. The van der Waals surface area contributed by atoms with Crippen molar-refractivity contribution in [2.75, 3.05) is 13.1 Å². The summed E-state index contributed by atoms with van der Waals surface area (Å²) in [5, 5.41) is 3.16. The van der Waals surface area contributed by atoms with Gasteiger partial charge >= 0.3 is 6.03 Å². The first-order valence-corrected chi connectivity index (χ1v) is 11.2. The van der Waals surface area contributed by atoms with Crippen LogP contribution in [0.5, 0.6) is 0 Å². The van der Waals surface area contributed by atoms with Crippen LogP contribution < -0.4 is 5.32 Å². The van der Waals surface area contributed by atoms with Crippen molar-refractivity contribution in [3.05, 3.63) is 108 Å². The van der Waals surface area contributed by atoms with Crippen LogP contribution in [0, 0.1) is 0 Å². The molecule has 164 valence electrons. The normalized spacial score (nSPS) is 11.8. The first-order chi connectivity index (χ1) is 15.7. The summed E-state index contributed by atoms with van der Waals surface area (Å²) in [6, 6.07) is 29.7. The van der Waals surface area contributed by atoms with Gasteiger partial charge < -0.3 is 10.2 Å². The predicted octanol–water partition coefficient (Wildman–Crippen LogP) is 6.68. The van der Waals surface area contributed by atoms with Crippen molar-refractivity contribution >= 4 is 23.1 Å². The Kier molecular flexibility index (Phi) is 8.81. The molecule has 32 heavy (non-hydrogen) atoms. The molecule has 3 aromatic carbocycles. The van der Waals surface area contributed by atoms with Crippen molar-refractivity contribution < 1.29 is 4.79 Å². The molecular weight excluding hydrogens is 394 g/mol. The van der Waals surface area contributed by atoms with Gasteiger partial charge in [0.25, 0.3) is 0 Å². The standard InChI is InChI=1S/C28H31N3O/c1-3-20-31(21-4-2)28(32)30-27(24-16-10-6-11-17-24)22-26(23-14-8-5-9-15-23)29-25-18-12-7-13-19-25/h5-19,22H,3-4,20-21H2,1-2H3,(H,30,32). The van der Waals surface area contributed by atoms with Gasteiger partial charge in [-0.3, -0.25) is 0 Å². The number of benzene rings is 3. The van der Waals surface area contributed by atoms with Crippen LogP contribution in [0.2, 0.25) is 0 Å². The third kappa shape index (κ3) is 6.67. The van der Waals surface area contributed by atoms with Gasteiger partial charge in [-0.25, -0.2) is 9.79 Å². The number of para-hydroxylation sites is 1. The Morgan fingerprint density at radius 3 is 1.81 bits per heavy atom. The minimum Gasteiger partial charge on any atom is -0.325 e. The van der Waals surface area contributed by atoms with Crippen molar-refractivity contribution in [1.82, 2.24) is 10.2 Å². The van der Waals surface area contributed by atoms with Crippen molar-refractivity contribution in [1.29, 1.82) is 0 Å². The number of nitrogens with one attached hydrogen (secondary N) is 1. The quantitative estimate of drug-likeness (QED) is 0.382. The van der Waals surface area contributed by atoms with Gasteiger partial charge in [-0.15, -0.1) is 0 Å². The van der Waals surface area contributed by atoms with Gasteiger partial charge in [0.1, 0.15) is 0 Å². The molecule has 0 saturated carbocycles. The lowest BCUT2D eigenvalue weighted by Crippen LogP contribution is -2.40. The minimum absolute atomic E-state index is 0.0871. The number of allylic oxidation sites excluding steroid dienone is 1. The smallest absolute Gasteiger partial charge is 0.321 e. The Morgan fingerprint density at radius 1 is 0.781 bits per heavy atom. The van der Waals surface area contributed by atoms with Gasteiger partial charge in [-0.05, 0) is 36.6 Å². The average molecular weight is 426 g/mol. The van der Waals surface area contributed by atoms with E-state index in [2.05, 4.69) is 19.2 Å². The zero-order valence-corrected chi connectivity index (χ0v) is 18.9. The Bertz CT molecular complexity index is 1020. The molecule has 0 aliphatic heterocycles. The summed E-state index contributed by atoms with van der Waals surface area (Å²) in [6.07, 6.45) is 3.80. The highest BCUT2D eigenvalue weighted by Gasteiger charge is 2.15. The second kappa shape index (κ2) is 12.3. The maximum Gasteiger partial charge on any atom is 0.321 e. The fraction of sp³-hybridized carbons (Fsp3) is 0.214.